The minimum absolute atomic E-state index is 0.369. The highest BCUT2D eigenvalue weighted by Gasteiger charge is 2.35. The highest BCUT2D eigenvalue weighted by Crippen LogP contribution is 2.41. The number of nitrogens with zero attached hydrogens (tertiary/aromatic N) is 1. The number of nitrogens with one attached hydrogen (secondary N) is 1. The lowest BCUT2D eigenvalue weighted by Crippen LogP contribution is -2.50. The van der Waals surface area contributed by atoms with Crippen LogP contribution in [0.1, 0.15) is 28.7 Å². The second kappa shape index (κ2) is 5.17. The van der Waals surface area contributed by atoms with Crippen LogP contribution in [0.4, 0.5) is 0 Å². The smallest absolute Gasteiger partial charge is 0.115 e. The first-order chi connectivity index (χ1) is 10.3. The Bertz CT molecular complexity index is 641. The Labute approximate surface area is 125 Å². The Hall–Kier alpha value is -1.84. The monoisotopic (exact) mass is 280 g/mol. The zero-order chi connectivity index (χ0) is 14.2. The van der Waals surface area contributed by atoms with E-state index in [1.165, 1.54) is 16.7 Å². The van der Waals surface area contributed by atoms with Crippen molar-refractivity contribution in [3.8, 4) is 5.75 Å². The van der Waals surface area contributed by atoms with Crippen LogP contribution in [0, 0.1) is 0 Å². The summed E-state index contributed by atoms with van der Waals surface area (Å²) in [5, 5.41) is 13.4. The summed E-state index contributed by atoms with van der Waals surface area (Å²) in [5.74, 6) is 0.768. The molecule has 0 spiro atoms. The molecule has 0 aromatic heterocycles. The van der Waals surface area contributed by atoms with E-state index in [0.717, 1.165) is 26.2 Å². The van der Waals surface area contributed by atoms with Crippen LogP contribution in [-0.2, 0) is 0 Å². The van der Waals surface area contributed by atoms with E-state index in [1.807, 2.05) is 12.1 Å². The average Bonchev–Trinajstić information content (AvgIpc) is 2.55. The molecule has 3 heteroatoms. The van der Waals surface area contributed by atoms with Crippen LogP contribution < -0.4 is 5.32 Å². The molecule has 2 aliphatic rings. The van der Waals surface area contributed by atoms with Gasteiger partial charge in [0, 0.05) is 38.1 Å². The van der Waals surface area contributed by atoms with Gasteiger partial charge in [-0.15, -0.1) is 0 Å². The number of phenolic OH excluding ortho intramolecular Hbond substituents is 1. The van der Waals surface area contributed by atoms with Crippen LogP contribution in [0.15, 0.2) is 48.5 Å². The number of hydrogen-bond donors (Lipinski definition) is 2. The molecule has 2 heterocycles. The molecule has 4 rings (SSSR count). The minimum atomic E-state index is 0.369. The largest absolute Gasteiger partial charge is 0.508 e. The van der Waals surface area contributed by atoms with Gasteiger partial charge in [0.15, 0.2) is 0 Å². The lowest BCUT2D eigenvalue weighted by Gasteiger charge is -2.44. The minimum Gasteiger partial charge on any atom is -0.508 e. The Morgan fingerprint density at radius 1 is 1.05 bits per heavy atom. The van der Waals surface area contributed by atoms with Gasteiger partial charge in [0.25, 0.3) is 0 Å². The first-order valence-electron chi connectivity index (χ1n) is 7.65. The van der Waals surface area contributed by atoms with Crippen molar-refractivity contribution in [2.75, 3.05) is 26.2 Å². The van der Waals surface area contributed by atoms with Crippen molar-refractivity contribution in [3.05, 3.63) is 65.2 Å². The van der Waals surface area contributed by atoms with Crippen LogP contribution in [-0.4, -0.2) is 36.2 Å². The van der Waals surface area contributed by atoms with Crippen molar-refractivity contribution in [2.45, 2.75) is 12.0 Å². The maximum absolute atomic E-state index is 9.90. The molecule has 2 aromatic carbocycles. The standard InChI is InChI=1S/C18H20N2O/c21-14-6-7-15-16(10-14)18-11-19-8-9-20(18)12-17(15)13-4-2-1-3-5-13/h1-7,10,17-19,21H,8-9,11-12H2/t17-,18+/m0/s1. The normalized spacial score (nSPS) is 25.1. The molecule has 0 unspecified atom stereocenters. The summed E-state index contributed by atoms with van der Waals surface area (Å²) in [5.41, 5.74) is 4.01. The third-order valence-electron chi connectivity index (χ3n) is 4.78. The van der Waals surface area contributed by atoms with Gasteiger partial charge in [0.2, 0.25) is 0 Å². The van der Waals surface area contributed by atoms with Gasteiger partial charge in [0.05, 0.1) is 0 Å². The molecule has 0 saturated carbocycles. The van der Waals surface area contributed by atoms with E-state index in [4.69, 9.17) is 0 Å². The predicted octanol–water partition coefficient (Wildman–Crippen LogP) is 2.48. The van der Waals surface area contributed by atoms with Crippen LogP contribution in [0.25, 0.3) is 0 Å². The zero-order valence-electron chi connectivity index (χ0n) is 12.0. The number of fused-ring (bicyclic) bond motifs is 3. The van der Waals surface area contributed by atoms with Crippen LogP contribution in [0.5, 0.6) is 5.75 Å². The fourth-order valence-corrected chi connectivity index (χ4v) is 3.74. The Morgan fingerprint density at radius 2 is 1.90 bits per heavy atom. The Kier molecular flexibility index (Phi) is 3.17. The van der Waals surface area contributed by atoms with E-state index in [2.05, 4.69) is 46.6 Å². The SMILES string of the molecule is Oc1ccc2c(c1)[C@H]1CNCCN1C[C@H]2c1ccccc1. The van der Waals surface area contributed by atoms with Crippen molar-refractivity contribution in [1.82, 2.24) is 10.2 Å². The highest BCUT2D eigenvalue weighted by atomic mass is 16.3. The first kappa shape index (κ1) is 12.9. The molecule has 21 heavy (non-hydrogen) atoms. The van der Waals surface area contributed by atoms with Gasteiger partial charge in [-0.05, 0) is 28.8 Å². The molecule has 3 nitrogen and oxygen atoms in total. The number of rotatable bonds is 1. The summed E-state index contributed by atoms with van der Waals surface area (Å²) in [6.07, 6.45) is 0. The molecule has 0 radical (unpaired) electrons. The molecule has 2 aromatic rings. The number of aromatic hydroxyl groups is 1. The highest BCUT2D eigenvalue weighted by molar-refractivity contribution is 5.46. The summed E-state index contributed by atoms with van der Waals surface area (Å²) < 4.78 is 0. The molecule has 0 bridgehead atoms. The fraction of sp³-hybridized carbons (Fsp3) is 0.333. The van der Waals surface area contributed by atoms with Gasteiger partial charge >= 0.3 is 0 Å². The molecular formula is C18H20N2O. The summed E-state index contributed by atoms with van der Waals surface area (Å²) in [4.78, 5) is 2.55. The van der Waals surface area contributed by atoms with E-state index in [-0.39, 0.29) is 0 Å². The summed E-state index contributed by atoms with van der Waals surface area (Å²) >= 11 is 0. The van der Waals surface area contributed by atoms with E-state index in [0.29, 0.717) is 17.7 Å². The molecule has 1 saturated heterocycles. The third kappa shape index (κ3) is 2.23. The fourth-order valence-electron chi connectivity index (χ4n) is 3.74. The van der Waals surface area contributed by atoms with Gasteiger partial charge in [-0.1, -0.05) is 36.4 Å². The van der Waals surface area contributed by atoms with Crippen molar-refractivity contribution in [2.24, 2.45) is 0 Å². The summed E-state index contributed by atoms with van der Waals surface area (Å²) in [6, 6.07) is 17.0. The van der Waals surface area contributed by atoms with E-state index in [9.17, 15) is 5.11 Å². The molecule has 2 aliphatic heterocycles. The van der Waals surface area contributed by atoms with Gasteiger partial charge in [-0.25, -0.2) is 0 Å². The second-order valence-electron chi connectivity index (χ2n) is 5.99. The number of benzene rings is 2. The predicted molar refractivity (Wildman–Crippen MR) is 83.6 cm³/mol. The molecule has 2 atom stereocenters. The van der Waals surface area contributed by atoms with Crippen molar-refractivity contribution < 1.29 is 5.11 Å². The maximum atomic E-state index is 9.90. The quantitative estimate of drug-likeness (QED) is 0.842. The topological polar surface area (TPSA) is 35.5 Å². The molecule has 0 amide bonds. The van der Waals surface area contributed by atoms with Crippen molar-refractivity contribution in [1.29, 1.82) is 0 Å². The number of phenols is 1. The average molecular weight is 280 g/mol. The lowest BCUT2D eigenvalue weighted by atomic mass is 9.80. The van der Waals surface area contributed by atoms with Gasteiger partial charge in [0.1, 0.15) is 5.75 Å². The first-order valence-corrected chi connectivity index (χ1v) is 7.65. The van der Waals surface area contributed by atoms with E-state index >= 15 is 0 Å². The van der Waals surface area contributed by atoms with Crippen LogP contribution in [0.2, 0.25) is 0 Å². The molecule has 0 aliphatic carbocycles. The van der Waals surface area contributed by atoms with Crippen molar-refractivity contribution in [3.63, 3.8) is 0 Å². The Balaban J connectivity index is 1.83. The van der Waals surface area contributed by atoms with E-state index < -0.39 is 0 Å². The maximum Gasteiger partial charge on any atom is 0.115 e. The van der Waals surface area contributed by atoms with Crippen LogP contribution in [0.3, 0.4) is 0 Å². The number of piperazine rings is 1. The van der Waals surface area contributed by atoms with E-state index in [1.54, 1.807) is 0 Å². The summed E-state index contributed by atoms with van der Waals surface area (Å²) in [7, 11) is 0. The summed E-state index contributed by atoms with van der Waals surface area (Å²) in [6.45, 7) is 4.15. The third-order valence-corrected chi connectivity index (χ3v) is 4.78. The second-order valence-corrected chi connectivity index (χ2v) is 5.99. The lowest BCUT2D eigenvalue weighted by molar-refractivity contribution is 0.143. The number of hydrogen-bond acceptors (Lipinski definition) is 3. The zero-order valence-corrected chi connectivity index (χ0v) is 12.0. The molecule has 108 valence electrons. The van der Waals surface area contributed by atoms with Gasteiger partial charge in [-0.3, -0.25) is 4.90 Å². The van der Waals surface area contributed by atoms with Crippen molar-refractivity contribution >= 4 is 0 Å². The molecular weight excluding hydrogens is 260 g/mol. The molecule has 1 fully saturated rings. The van der Waals surface area contributed by atoms with Gasteiger partial charge in [-0.2, -0.15) is 0 Å². The Morgan fingerprint density at radius 3 is 2.76 bits per heavy atom. The van der Waals surface area contributed by atoms with Crippen LogP contribution >= 0.6 is 0 Å². The van der Waals surface area contributed by atoms with Gasteiger partial charge < -0.3 is 10.4 Å². The molecule has 2 N–H and O–H groups in total.